The van der Waals surface area contributed by atoms with E-state index in [0.29, 0.717) is 4.90 Å². The smallest absolute Gasteiger partial charge is 0.347 e. The predicted molar refractivity (Wildman–Crippen MR) is 59.7 cm³/mol. The molecule has 0 unspecified atom stereocenters. The van der Waals surface area contributed by atoms with Crippen LogP contribution in [0.5, 0.6) is 0 Å². The maximum Gasteiger partial charge on any atom is 0.406 e. The minimum atomic E-state index is -4.51. The van der Waals surface area contributed by atoms with Gasteiger partial charge in [-0.1, -0.05) is 15.9 Å². The van der Waals surface area contributed by atoms with Crippen molar-refractivity contribution in [1.29, 1.82) is 0 Å². The Morgan fingerprint density at radius 2 is 1.71 bits per heavy atom. The van der Waals surface area contributed by atoms with Crippen LogP contribution in [-0.2, 0) is 9.59 Å². The normalized spacial score (nSPS) is 11.2. The summed E-state index contributed by atoms with van der Waals surface area (Å²) >= 11 is 2.97. The molecule has 0 saturated heterocycles. The van der Waals surface area contributed by atoms with Gasteiger partial charge in [0.1, 0.15) is 13.1 Å². The Morgan fingerprint density at radius 1 is 1.18 bits per heavy atom. The molecule has 0 N–H and O–H groups in total. The number of hydrogen-bond acceptors (Lipinski definition) is 2. The van der Waals surface area contributed by atoms with Crippen molar-refractivity contribution in [2.75, 3.05) is 32.5 Å². The molecule has 4 nitrogen and oxygen atoms in total. The summed E-state index contributed by atoms with van der Waals surface area (Å²) in [5.41, 5.74) is 0. The van der Waals surface area contributed by atoms with E-state index in [1.165, 1.54) is 14.1 Å². The summed E-state index contributed by atoms with van der Waals surface area (Å²) in [6.07, 6.45) is -4.58. The molecule has 0 aromatic heterocycles. The molecule has 2 amide bonds. The van der Waals surface area contributed by atoms with Gasteiger partial charge in [-0.05, 0) is 0 Å². The maximum absolute atomic E-state index is 12.2. The summed E-state index contributed by atoms with van der Waals surface area (Å²) in [6, 6.07) is 0. The highest BCUT2D eigenvalue weighted by atomic mass is 79.9. The Morgan fingerprint density at radius 3 is 2.06 bits per heavy atom. The molecule has 17 heavy (non-hydrogen) atoms. The molecule has 0 aromatic carbocycles. The summed E-state index contributed by atoms with van der Waals surface area (Å²) in [6.45, 7) is -1.96. The Labute approximate surface area is 106 Å². The van der Waals surface area contributed by atoms with Crippen LogP contribution in [0.1, 0.15) is 6.42 Å². The first-order valence-corrected chi connectivity index (χ1v) is 5.90. The predicted octanol–water partition coefficient (Wildman–Crippen LogP) is 1.25. The zero-order valence-corrected chi connectivity index (χ0v) is 11.1. The first kappa shape index (κ1) is 16.2. The van der Waals surface area contributed by atoms with Crippen molar-refractivity contribution in [3.63, 3.8) is 0 Å². The summed E-state index contributed by atoms with van der Waals surface area (Å²) in [5, 5.41) is 0.260. The number of carbonyl (C=O) groups excluding carboxylic acids is 2. The van der Waals surface area contributed by atoms with Crippen molar-refractivity contribution in [3.05, 3.63) is 0 Å². The summed E-state index contributed by atoms with van der Waals surface area (Å²) in [5.74, 6) is -1.24. The number of carbonyl (C=O) groups is 2. The van der Waals surface area contributed by atoms with E-state index in [-0.39, 0.29) is 11.8 Å². The molecule has 0 atom stereocenters. The number of halogens is 4. The van der Waals surface area contributed by atoms with Gasteiger partial charge in [-0.25, -0.2) is 0 Å². The van der Waals surface area contributed by atoms with Gasteiger partial charge in [0.25, 0.3) is 0 Å². The van der Waals surface area contributed by atoms with Crippen LogP contribution in [-0.4, -0.2) is 60.3 Å². The van der Waals surface area contributed by atoms with Crippen molar-refractivity contribution in [2.45, 2.75) is 12.6 Å². The van der Waals surface area contributed by atoms with Crippen LogP contribution in [0, 0.1) is 0 Å². The van der Waals surface area contributed by atoms with Gasteiger partial charge >= 0.3 is 6.18 Å². The third-order valence-electron chi connectivity index (χ3n) is 1.86. The topological polar surface area (TPSA) is 40.6 Å². The molecule has 0 rings (SSSR count). The first-order chi connectivity index (χ1) is 7.67. The largest absolute Gasteiger partial charge is 0.406 e. The minimum absolute atomic E-state index is 0.0726. The second-order valence-electron chi connectivity index (χ2n) is 3.59. The molecule has 0 spiro atoms. The van der Waals surface area contributed by atoms with E-state index in [4.69, 9.17) is 0 Å². The second kappa shape index (κ2) is 6.83. The Kier molecular flexibility index (Phi) is 6.51. The van der Waals surface area contributed by atoms with Crippen LogP contribution in [0.15, 0.2) is 0 Å². The van der Waals surface area contributed by atoms with Crippen LogP contribution < -0.4 is 0 Å². The highest BCUT2D eigenvalue weighted by Gasteiger charge is 2.33. The highest BCUT2D eigenvalue weighted by Crippen LogP contribution is 2.17. The zero-order valence-electron chi connectivity index (χ0n) is 9.55. The average Bonchev–Trinajstić information content (AvgIpc) is 2.14. The van der Waals surface area contributed by atoms with Crippen molar-refractivity contribution in [3.8, 4) is 0 Å². The Hall–Kier alpha value is -0.790. The van der Waals surface area contributed by atoms with Gasteiger partial charge in [0.15, 0.2) is 0 Å². The quantitative estimate of drug-likeness (QED) is 0.716. The van der Waals surface area contributed by atoms with Gasteiger partial charge in [0.05, 0.1) is 0 Å². The highest BCUT2D eigenvalue weighted by molar-refractivity contribution is 9.09. The van der Waals surface area contributed by atoms with Gasteiger partial charge in [0, 0.05) is 25.8 Å². The van der Waals surface area contributed by atoms with Crippen LogP contribution in [0.3, 0.4) is 0 Å². The van der Waals surface area contributed by atoms with Crippen LogP contribution in [0.2, 0.25) is 0 Å². The van der Waals surface area contributed by atoms with Crippen LogP contribution in [0.25, 0.3) is 0 Å². The van der Waals surface area contributed by atoms with E-state index in [1.807, 2.05) is 0 Å². The van der Waals surface area contributed by atoms with E-state index in [0.717, 1.165) is 4.90 Å². The molecule has 0 aliphatic carbocycles. The Bertz CT molecular complexity index is 282. The van der Waals surface area contributed by atoms with Gasteiger partial charge in [0.2, 0.25) is 11.8 Å². The molecule has 0 fully saturated rings. The lowest BCUT2D eigenvalue weighted by molar-refractivity contribution is -0.163. The number of hydrogen-bond donors (Lipinski definition) is 0. The zero-order chi connectivity index (χ0) is 13.6. The van der Waals surface area contributed by atoms with E-state index >= 15 is 0 Å². The molecule has 0 radical (unpaired) electrons. The fraction of sp³-hybridized carbons (Fsp3) is 0.778. The molecule has 0 aliphatic heterocycles. The first-order valence-electron chi connectivity index (χ1n) is 4.78. The third-order valence-corrected chi connectivity index (χ3v) is 2.25. The molecule has 0 aliphatic rings. The van der Waals surface area contributed by atoms with Crippen molar-refractivity contribution in [2.24, 2.45) is 0 Å². The summed E-state index contributed by atoms with van der Waals surface area (Å²) < 4.78 is 36.7. The average molecular weight is 319 g/mol. The van der Waals surface area contributed by atoms with Crippen molar-refractivity contribution in [1.82, 2.24) is 9.80 Å². The van der Waals surface area contributed by atoms with E-state index < -0.39 is 31.1 Å². The molecular weight excluding hydrogens is 305 g/mol. The fourth-order valence-electron chi connectivity index (χ4n) is 0.992. The molecule has 100 valence electrons. The molecule has 0 saturated carbocycles. The lowest BCUT2D eigenvalue weighted by Crippen LogP contribution is -2.44. The number of nitrogens with zero attached hydrogens (tertiary/aromatic N) is 2. The monoisotopic (exact) mass is 318 g/mol. The third kappa shape index (κ3) is 7.19. The Balaban J connectivity index is 4.62. The van der Waals surface area contributed by atoms with Gasteiger partial charge in [-0.15, -0.1) is 0 Å². The number of likely N-dealkylation sites (N-methyl/N-ethyl adjacent to an activating group) is 1. The van der Waals surface area contributed by atoms with Crippen molar-refractivity contribution < 1.29 is 22.8 Å². The second-order valence-corrected chi connectivity index (χ2v) is 4.39. The molecule has 0 bridgehead atoms. The maximum atomic E-state index is 12.2. The fourth-order valence-corrected chi connectivity index (χ4v) is 1.33. The summed E-state index contributed by atoms with van der Waals surface area (Å²) in [7, 11) is 2.84. The van der Waals surface area contributed by atoms with Gasteiger partial charge < -0.3 is 9.80 Å². The van der Waals surface area contributed by atoms with Crippen LogP contribution in [0.4, 0.5) is 13.2 Å². The molecule has 0 aromatic rings. The SMILES string of the molecule is CN(C)C(=O)CN(CC(F)(F)F)C(=O)CCBr. The lowest BCUT2D eigenvalue weighted by atomic mass is 10.3. The number of amides is 2. The lowest BCUT2D eigenvalue weighted by Gasteiger charge is -2.24. The van der Waals surface area contributed by atoms with Crippen LogP contribution >= 0.6 is 15.9 Å². The standard InChI is InChI=1S/C9H14BrF3N2O2/c1-14(2)8(17)5-15(6-9(11,12)13)7(16)3-4-10/h3-6H2,1-2H3. The van der Waals surface area contributed by atoms with Gasteiger partial charge in [-0.3, -0.25) is 9.59 Å². The van der Waals surface area contributed by atoms with E-state index in [9.17, 15) is 22.8 Å². The number of alkyl halides is 4. The van der Waals surface area contributed by atoms with Gasteiger partial charge in [-0.2, -0.15) is 13.2 Å². The van der Waals surface area contributed by atoms with E-state index in [2.05, 4.69) is 15.9 Å². The molecule has 8 heteroatoms. The summed E-state index contributed by atoms with van der Waals surface area (Å²) in [4.78, 5) is 24.4. The minimum Gasteiger partial charge on any atom is -0.347 e. The van der Waals surface area contributed by atoms with E-state index in [1.54, 1.807) is 0 Å². The van der Waals surface area contributed by atoms with Crippen molar-refractivity contribution >= 4 is 27.7 Å². The number of rotatable bonds is 5. The molecule has 0 heterocycles. The molecular formula is C9H14BrF3N2O2.